The van der Waals surface area contributed by atoms with Gasteiger partial charge in [-0.25, -0.2) is 4.79 Å². The molecule has 0 aromatic heterocycles. The van der Waals surface area contributed by atoms with Gasteiger partial charge in [-0.3, -0.25) is 4.79 Å². The topological polar surface area (TPSA) is 67.4 Å². The van der Waals surface area contributed by atoms with Gasteiger partial charge in [0.05, 0.1) is 0 Å². The maximum absolute atomic E-state index is 12.1. The summed E-state index contributed by atoms with van der Waals surface area (Å²) in [6, 6.07) is 5.14. The molecule has 0 radical (unpaired) electrons. The summed E-state index contributed by atoms with van der Waals surface area (Å²) in [5, 5.41) is 5.33. The number of anilines is 1. The number of nitrogens with one attached hydrogen (secondary N) is 2. The van der Waals surface area contributed by atoms with Crippen LogP contribution >= 0.6 is 0 Å². The molecule has 1 aromatic carbocycles. The maximum atomic E-state index is 12.1. The van der Waals surface area contributed by atoms with E-state index in [2.05, 4.69) is 10.6 Å². The minimum absolute atomic E-state index is 0.283. The number of rotatable bonds is 3. The Hall–Kier alpha value is -2.04. The van der Waals surface area contributed by atoms with E-state index in [1.54, 1.807) is 27.7 Å². The molecule has 0 spiro atoms. The highest BCUT2D eigenvalue weighted by atomic mass is 16.6. The Morgan fingerprint density at radius 2 is 1.81 bits per heavy atom. The normalized spacial score (nSPS) is 12.5. The number of aryl methyl sites for hydroxylation is 2. The van der Waals surface area contributed by atoms with E-state index in [9.17, 15) is 9.59 Å². The largest absolute Gasteiger partial charge is 0.444 e. The summed E-state index contributed by atoms with van der Waals surface area (Å²) >= 11 is 0. The Kier molecular flexibility index (Phi) is 5.35. The minimum atomic E-state index is -0.681. The zero-order valence-corrected chi connectivity index (χ0v) is 13.5. The molecule has 1 rings (SSSR count). The first-order valence-corrected chi connectivity index (χ1v) is 6.96. The van der Waals surface area contributed by atoms with E-state index >= 15 is 0 Å². The summed E-state index contributed by atoms with van der Waals surface area (Å²) in [5.41, 5.74) is 2.19. The fraction of sp³-hybridized carbons (Fsp3) is 0.500. The van der Waals surface area contributed by atoms with E-state index in [1.165, 1.54) is 0 Å². The zero-order chi connectivity index (χ0) is 16.2. The molecule has 1 atom stereocenters. The van der Waals surface area contributed by atoms with Crippen molar-refractivity contribution >= 4 is 17.7 Å². The molecule has 0 aliphatic carbocycles. The fourth-order valence-electron chi connectivity index (χ4n) is 1.66. The number of amides is 2. The van der Waals surface area contributed by atoms with Gasteiger partial charge in [-0.1, -0.05) is 12.1 Å². The van der Waals surface area contributed by atoms with Crippen LogP contribution in [0.1, 0.15) is 38.8 Å². The van der Waals surface area contributed by atoms with Crippen molar-refractivity contribution in [1.82, 2.24) is 5.32 Å². The molecule has 21 heavy (non-hydrogen) atoms. The lowest BCUT2D eigenvalue weighted by molar-refractivity contribution is -0.117. The molecule has 0 aliphatic rings. The fourth-order valence-corrected chi connectivity index (χ4v) is 1.66. The molecule has 0 bridgehead atoms. The molecule has 5 nitrogen and oxygen atoms in total. The lowest BCUT2D eigenvalue weighted by Crippen LogP contribution is -2.44. The van der Waals surface area contributed by atoms with Crippen molar-refractivity contribution in [3.8, 4) is 0 Å². The van der Waals surface area contributed by atoms with Crippen molar-refractivity contribution in [2.75, 3.05) is 5.32 Å². The van der Waals surface area contributed by atoms with Gasteiger partial charge < -0.3 is 15.4 Å². The van der Waals surface area contributed by atoms with Crippen molar-refractivity contribution in [2.24, 2.45) is 0 Å². The molecular weight excluding hydrogens is 268 g/mol. The average Bonchev–Trinajstić information content (AvgIpc) is 2.31. The molecule has 0 unspecified atom stereocenters. The Morgan fingerprint density at radius 3 is 2.38 bits per heavy atom. The summed E-state index contributed by atoms with van der Waals surface area (Å²) in [6.45, 7) is 10.8. The van der Waals surface area contributed by atoms with E-state index in [1.807, 2.05) is 32.0 Å². The van der Waals surface area contributed by atoms with Crippen molar-refractivity contribution < 1.29 is 14.3 Å². The first-order chi connectivity index (χ1) is 9.58. The lowest BCUT2D eigenvalue weighted by atomic mass is 10.1. The molecule has 0 aliphatic heterocycles. The molecule has 116 valence electrons. The number of carbonyl (C=O) groups excluding carboxylic acids is 2. The Balaban J connectivity index is 2.63. The third-order valence-corrected chi connectivity index (χ3v) is 2.78. The van der Waals surface area contributed by atoms with Crippen molar-refractivity contribution in [3.05, 3.63) is 29.3 Å². The number of hydrogen-bond acceptors (Lipinski definition) is 3. The van der Waals surface area contributed by atoms with Crippen molar-refractivity contribution in [1.29, 1.82) is 0 Å². The highest BCUT2D eigenvalue weighted by molar-refractivity contribution is 5.96. The molecule has 2 N–H and O–H groups in total. The second-order valence-electron chi connectivity index (χ2n) is 6.18. The van der Waals surface area contributed by atoms with Crippen LogP contribution in [0.3, 0.4) is 0 Å². The summed E-state index contributed by atoms with van der Waals surface area (Å²) < 4.78 is 5.12. The van der Waals surface area contributed by atoms with Crippen LogP contribution in [0, 0.1) is 13.8 Å². The SMILES string of the molecule is Cc1ccc(C)c(NC(=O)[C@@H](C)NC(=O)OC(C)(C)C)c1. The smallest absolute Gasteiger partial charge is 0.408 e. The van der Waals surface area contributed by atoms with Gasteiger partial charge >= 0.3 is 6.09 Å². The van der Waals surface area contributed by atoms with E-state index in [0.717, 1.165) is 16.8 Å². The summed E-state index contributed by atoms with van der Waals surface area (Å²) in [6.07, 6.45) is -0.605. The lowest BCUT2D eigenvalue weighted by Gasteiger charge is -2.22. The van der Waals surface area contributed by atoms with Crippen LogP contribution in [-0.4, -0.2) is 23.6 Å². The number of benzene rings is 1. The molecule has 0 saturated heterocycles. The van der Waals surface area contributed by atoms with Crippen molar-refractivity contribution in [3.63, 3.8) is 0 Å². The minimum Gasteiger partial charge on any atom is -0.444 e. The summed E-state index contributed by atoms with van der Waals surface area (Å²) in [7, 11) is 0. The highest BCUT2D eigenvalue weighted by Crippen LogP contribution is 2.16. The van der Waals surface area contributed by atoms with Gasteiger partial charge in [0.25, 0.3) is 0 Å². The predicted octanol–water partition coefficient (Wildman–Crippen LogP) is 3.16. The van der Waals surface area contributed by atoms with Gasteiger partial charge in [-0.2, -0.15) is 0 Å². The van der Waals surface area contributed by atoms with Gasteiger partial charge in [0.15, 0.2) is 0 Å². The van der Waals surface area contributed by atoms with Gasteiger partial charge in [0.1, 0.15) is 11.6 Å². The van der Waals surface area contributed by atoms with Gasteiger partial charge in [0, 0.05) is 5.69 Å². The number of alkyl carbamates (subject to hydrolysis) is 1. The second-order valence-corrected chi connectivity index (χ2v) is 6.18. The number of carbonyl (C=O) groups is 2. The Bertz CT molecular complexity index is 533. The number of ether oxygens (including phenoxy) is 1. The van der Waals surface area contributed by atoms with Crippen LogP contribution in [0.25, 0.3) is 0 Å². The second kappa shape index (κ2) is 6.61. The van der Waals surface area contributed by atoms with E-state index < -0.39 is 17.7 Å². The zero-order valence-electron chi connectivity index (χ0n) is 13.5. The van der Waals surface area contributed by atoms with Crippen molar-refractivity contribution in [2.45, 2.75) is 53.2 Å². The molecular formula is C16H24N2O3. The van der Waals surface area contributed by atoms with E-state index in [4.69, 9.17) is 4.74 Å². The van der Waals surface area contributed by atoms with Gasteiger partial charge in [0.2, 0.25) is 5.91 Å². The molecule has 0 saturated carbocycles. The highest BCUT2D eigenvalue weighted by Gasteiger charge is 2.21. The van der Waals surface area contributed by atoms with Crippen LogP contribution in [0.5, 0.6) is 0 Å². The van der Waals surface area contributed by atoms with Crippen LogP contribution in [0.2, 0.25) is 0 Å². The first-order valence-electron chi connectivity index (χ1n) is 6.96. The molecule has 5 heteroatoms. The summed E-state index contributed by atoms with van der Waals surface area (Å²) in [4.78, 5) is 23.7. The van der Waals surface area contributed by atoms with Crippen LogP contribution < -0.4 is 10.6 Å². The van der Waals surface area contributed by atoms with E-state index in [0.29, 0.717) is 0 Å². The Labute approximate surface area is 126 Å². The molecule has 2 amide bonds. The monoisotopic (exact) mass is 292 g/mol. The van der Waals surface area contributed by atoms with Crippen LogP contribution in [0.15, 0.2) is 18.2 Å². The number of hydrogen-bond donors (Lipinski definition) is 2. The molecule has 1 aromatic rings. The molecule has 0 fully saturated rings. The summed E-state index contributed by atoms with van der Waals surface area (Å²) in [5.74, 6) is -0.283. The van der Waals surface area contributed by atoms with Gasteiger partial charge in [-0.05, 0) is 58.7 Å². The average molecular weight is 292 g/mol. The quantitative estimate of drug-likeness (QED) is 0.899. The standard InChI is InChI=1S/C16H24N2O3/c1-10-7-8-11(2)13(9-10)18-14(19)12(3)17-15(20)21-16(4,5)6/h7-9,12H,1-6H3,(H,17,20)(H,18,19)/t12-/m1/s1. The van der Waals surface area contributed by atoms with Gasteiger partial charge in [-0.15, -0.1) is 0 Å². The maximum Gasteiger partial charge on any atom is 0.408 e. The Morgan fingerprint density at radius 1 is 1.19 bits per heavy atom. The van der Waals surface area contributed by atoms with Crippen LogP contribution in [0.4, 0.5) is 10.5 Å². The van der Waals surface area contributed by atoms with Crippen LogP contribution in [-0.2, 0) is 9.53 Å². The third-order valence-electron chi connectivity index (χ3n) is 2.78. The predicted molar refractivity (Wildman–Crippen MR) is 83.4 cm³/mol. The third kappa shape index (κ3) is 5.85. The van der Waals surface area contributed by atoms with E-state index in [-0.39, 0.29) is 5.91 Å². The first kappa shape index (κ1) is 17.0. The molecule has 0 heterocycles.